The zero-order chi connectivity index (χ0) is 12.8. The summed E-state index contributed by atoms with van der Waals surface area (Å²) in [5, 5.41) is 25.0. The van der Waals surface area contributed by atoms with E-state index in [0.29, 0.717) is 6.54 Å². The molecule has 18 heavy (non-hydrogen) atoms. The molecule has 1 atom stereocenters. The Bertz CT molecular complexity index is 292. The molecule has 2 aliphatic heterocycles. The quantitative estimate of drug-likeness (QED) is 0.678. The topological polar surface area (TPSA) is 77.4 Å². The predicted molar refractivity (Wildman–Crippen MR) is 72.5 cm³/mol. The van der Waals surface area contributed by atoms with E-state index in [0.717, 1.165) is 49.3 Å². The average molecular weight is 270 g/mol. The van der Waals surface area contributed by atoms with Crippen LogP contribution in [0.1, 0.15) is 12.8 Å². The van der Waals surface area contributed by atoms with Crippen molar-refractivity contribution in [2.24, 2.45) is 0 Å². The SMILES string of the molecule is N#CC1CSCN1CCNN([O-])C1CCNCC1. The first-order chi connectivity index (χ1) is 8.81. The second kappa shape index (κ2) is 7.28. The molecule has 6 nitrogen and oxygen atoms in total. The predicted octanol–water partition coefficient (Wildman–Crippen LogP) is -0.0587. The van der Waals surface area contributed by atoms with Gasteiger partial charge in [0.15, 0.2) is 0 Å². The van der Waals surface area contributed by atoms with Crippen LogP contribution in [0.15, 0.2) is 0 Å². The maximum absolute atomic E-state index is 11.8. The van der Waals surface area contributed by atoms with Gasteiger partial charge in [0.25, 0.3) is 0 Å². The number of thioether (sulfide) groups is 1. The van der Waals surface area contributed by atoms with Crippen molar-refractivity contribution in [3.05, 3.63) is 5.21 Å². The van der Waals surface area contributed by atoms with E-state index in [1.165, 1.54) is 0 Å². The summed E-state index contributed by atoms with van der Waals surface area (Å²) in [6, 6.07) is 2.39. The minimum absolute atomic E-state index is 0.00998. The van der Waals surface area contributed by atoms with Gasteiger partial charge in [-0.2, -0.15) is 5.26 Å². The van der Waals surface area contributed by atoms with E-state index in [4.69, 9.17) is 5.26 Å². The molecule has 102 valence electrons. The number of hydroxylamine groups is 1. The number of hydrogen-bond acceptors (Lipinski definition) is 7. The van der Waals surface area contributed by atoms with Crippen LogP contribution in [0.3, 0.4) is 0 Å². The molecule has 0 radical (unpaired) electrons. The first-order valence-electron chi connectivity index (χ1n) is 6.43. The monoisotopic (exact) mass is 270 g/mol. The fraction of sp³-hybridized carbons (Fsp3) is 0.909. The molecule has 2 aliphatic rings. The van der Waals surface area contributed by atoms with Gasteiger partial charge in [-0.25, -0.2) is 0 Å². The Labute approximate surface area is 112 Å². The van der Waals surface area contributed by atoms with E-state index >= 15 is 0 Å². The third-order valence-electron chi connectivity index (χ3n) is 3.43. The summed E-state index contributed by atoms with van der Waals surface area (Å²) in [6.45, 7) is 3.22. The van der Waals surface area contributed by atoms with Crippen molar-refractivity contribution < 1.29 is 0 Å². The van der Waals surface area contributed by atoms with Gasteiger partial charge in [-0.1, -0.05) is 0 Å². The molecule has 2 heterocycles. The van der Waals surface area contributed by atoms with Crippen LogP contribution in [0.5, 0.6) is 0 Å². The molecular formula is C11H20N5OS-. The number of nitrogens with zero attached hydrogens (tertiary/aromatic N) is 3. The summed E-state index contributed by atoms with van der Waals surface area (Å²) in [4.78, 5) is 2.12. The Morgan fingerprint density at radius 2 is 2.28 bits per heavy atom. The highest BCUT2D eigenvalue weighted by Gasteiger charge is 2.24. The standard InChI is InChI=1S/C11H20N5OS/c12-7-11-8-18-9-15(11)6-5-14-16(17)10-1-3-13-4-2-10/h10-11,13-14H,1-6,8-9H2/q-1. The molecule has 0 aromatic rings. The van der Waals surface area contributed by atoms with Crippen molar-refractivity contribution in [1.82, 2.24) is 20.8 Å². The number of hydrazine groups is 1. The normalized spacial score (nSPS) is 26.6. The maximum atomic E-state index is 11.8. The highest BCUT2D eigenvalue weighted by Crippen LogP contribution is 2.19. The van der Waals surface area contributed by atoms with Crippen LogP contribution < -0.4 is 10.7 Å². The van der Waals surface area contributed by atoms with Gasteiger partial charge < -0.3 is 15.7 Å². The molecule has 0 spiro atoms. The van der Waals surface area contributed by atoms with Gasteiger partial charge in [0.05, 0.1) is 6.07 Å². The highest BCUT2D eigenvalue weighted by molar-refractivity contribution is 7.99. The number of piperidine rings is 1. The number of nitriles is 1. The summed E-state index contributed by atoms with van der Waals surface area (Å²) in [5.41, 5.74) is 2.91. The van der Waals surface area contributed by atoms with Gasteiger partial charge >= 0.3 is 0 Å². The van der Waals surface area contributed by atoms with E-state index in [1.54, 1.807) is 11.8 Å². The molecule has 0 amide bonds. The second-order valence-electron chi connectivity index (χ2n) is 4.67. The van der Waals surface area contributed by atoms with Crippen molar-refractivity contribution in [1.29, 1.82) is 5.26 Å². The van der Waals surface area contributed by atoms with Crippen molar-refractivity contribution >= 4 is 11.8 Å². The molecule has 2 fully saturated rings. The molecule has 2 saturated heterocycles. The lowest BCUT2D eigenvalue weighted by Crippen LogP contribution is -2.48. The van der Waals surface area contributed by atoms with Gasteiger partial charge in [0, 0.05) is 30.8 Å². The third-order valence-corrected chi connectivity index (χ3v) is 4.50. The van der Waals surface area contributed by atoms with Crippen molar-refractivity contribution in [2.45, 2.75) is 24.9 Å². The first kappa shape index (κ1) is 14.1. The highest BCUT2D eigenvalue weighted by atomic mass is 32.2. The summed E-state index contributed by atoms with van der Waals surface area (Å²) in [6.07, 6.45) is 1.80. The Morgan fingerprint density at radius 1 is 1.50 bits per heavy atom. The lowest BCUT2D eigenvalue weighted by Gasteiger charge is -2.40. The van der Waals surface area contributed by atoms with Gasteiger partial charge in [-0.15, -0.1) is 11.8 Å². The van der Waals surface area contributed by atoms with Crippen LogP contribution in [-0.2, 0) is 0 Å². The van der Waals surface area contributed by atoms with Crippen molar-refractivity contribution in [3.63, 3.8) is 0 Å². The minimum Gasteiger partial charge on any atom is -0.771 e. The smallest absolute Gasteiger partial charge is 0.108 e. The zero-order valence-electron chi connectivity index (χ0n) is 10.5. The summed E-state index contributed by atoms with van der Waals surface area (Å²) in [7, 11) is 0. The molecule has 2 N–H and O–H groups in total. The Kier molecular flexibility index (Phi) is 5.69. The van der Waals surface area contributed by atoms with Gasteiger partial charge in [0.1, 0.15) is 6.04 Å². The molecule has 1 unspecified atom stereocenters. The van der Waals surface area contributed by atoms with E-state index in [1.807, 2.05) is 0 Å². The van der Waals surface area contributed by atoms with Crippen LogP contribution >= 0.6 is 11.8 Å². The Hall–Kier alpha value is -0.360. The van der Waals surface area contributed by atoms with Crippen LogP contribution in [0.4, 0.5) is 0 Å². The van der Waals surface area contributed by atoms with Crippen LogP contribution in [0, 0.1) is 16.5 Å². The number of nitrogens with one attached hydrogen (secondary N) is 2. The molecular weight excluding hydrogens is 250 g/mol. The number of hydrogen-bond donors (Lipinski definition) is 2. The molecule has 7 heteroatoms. The average Bonchev–Trinajstić information content (AvgIpc) is 2.87. The minimum atomic E-state index is 0.00998. The maximum Gasteiger partial charge on any atom is 0.108 e. The van der Waals surface area contributed by atoms with Gasteiger partial charge in [0.2, 0.25) is 0 Å². The summed E-state index contributed by atoms with van der Waals surface area (Å²) < 4.78 is 0. The fourth-order valence-electron chi connectivity index (χ4n) is 2.29. The Balaban J connectivity index is 1.64. The molecule has 0 aromatic heterocycles. The van der Waals surface area contributed by atoms with E-state index in [9.17, 15) is 5.21 Å². The van der Waals surface area contributed by atoms with Crippen molar-refractivity contribution in [2.75, 3.05) is 37.8 Å². The van der Waals surface area contributed by atoms with E-state index in [2.05, 4.69) is 21.7 Å². The van der Waals surface area contributed by atoms with Crippen molar-refractivity contribution in [3.8, 4) is 6.07 Å². The van der Waals surface area contributed by atoms with Gasteiger partial charge in [-0.05, 0) is 25.9 Å². The molecule has 0 aliphatic carbocycles. The lowest BCUT2D eigenvalue weighted by atomic mass is 10.1. The van der Waals surface area contributed by atoms with Crippen LogP contribution in [0.25, 0.3) is 0 Å². The second-order valence-corrected chi connectivity index (χ2v) is 5.67. The molecule has 0 saturated carbocycles. The molecule has 0 aromatic carbocycles. The van der Waals surface area contributed by atoms with Gasteiger partial charge in [-0.3, -0.25) is 10.3 Å². The summed E-state index contributed by atoms with van der Waals surface area (Å²) in [5.74, 6) is 1.78. The molecule has 2 rings (SSSR count). The summed E-state index contributed by atoms with van der Waals surface area (Å²) >= 11 is 1.78. The first-order valence-corrected chi connectivity index (χ1v) is 7.58. The van der Waals surface area contributed by atoms with E-state index < -0.39 is 0 Å². The zero-order valence-corrected chi connectivity index (χ0v) is 11.3. The van der Waals surface area contributed by atoms with Crippen LogP contribution in [0.2, 0.25) is 0 Å². The third kappa shape index (κ3) is 3.82. The number of rotatable bonds is 5. The Morgan fingerprint density at radius 3 is 3.00 bits per heavy atom. The largest absolute Gasteiger partial charge is 0.771 e. The fourth-order valence-corrected chi connectivity index (χ4v) is 3.45. The van der Waals surface area contributed by atoms with Crippen LogP contribution in [-0.4, -0.2) is 60.0 Å². The van der Waals surface area contributed by atoms with E-state index in [-0.39, 0.29) is 12.1 Å². The lowest BCUT2D eigenvalue weighted by molar-refractivity contribution is 0.152. The molecule has 0 bridgehead atoms.